The molecule has 0 aromatic heterocycles. The fraction of sp³-hybridized carbons (Fsp3) is 0.125. The molecule has 0 saturated carbocycles. The predicted molar refractivity (Wildman–Crippen MR) is 82.3 cm³/mol. The van der Waals surface area contributed by atoms with Crippen LogP contribution in [0, 0.1) is 0 Å². The number of hydrogen-bond acceptors (Lipinski definition) is 3. The van der Waals surface area contributed by atoms with Crippen LogP contribution in [0.1, 0.15) is 15.9 Å². The van der Waals surface area contributed by atoms with Crippen molar-refractivity contribution in [2.75, 3.05) is 12.4 Å². The van der Waals surface area contributed by atoms with E-state index in [0.717, 1.165) is 0 Å². The van der Waals surface area contributed by atoms with Crippen molar-refractivity contribution in [1.29, 1.82) is 0 Å². The summed E-state index contributed by atoms with van der Waals surface area (Å²) in [7, 11) is 1.57. The molecule has 0 unspecified atom stereocenters. The normalized spacial score (nSPS) is 9.86. The molecule has 0 bridgehead atoms. The molecular weight excluding hydrogens is 284 g/mol. The fourth-order valence-corrected chi connectivity index (χ4v) is 1.85. The molecule has 0 aliphatic heterocycles. The molecule has 2 rings (SSSR count). The molecule has 0 aliphatic carbocycles. The molecule has 3 N–H and O–H groups in total. The molecule has 2 aromatic rings. The van der Waals surface area contributed by atoms with Gasteiger partial charge in [0.25, 0.3) is 0 Å². The summed E-state index contributed by atoms with van der Waals surface area (Å²) in [5.74, 6) is -0.291. The van der Waals surface area contributed by atoms with Gasteiger partial charge >= 0.3 is 12.0 Å². The Bertz CT molecular complexity index is 668. The van der Waals surface area contributed by atoms with Gasteiger partial charge in [-0.2, -0.15) is 0 Å². The SMILES string of the molecule is COc1ccc(NC(=O)NCc2cccc(C(=O)O)c2)cc1. The maximum Gasteiger partial charge on any atom is 0.335 e. The van der Waals surface area contributed by atoms with E-state index in [1.165, 1.54) is 12.1 Å². The number of amides is 2. The Morgan fingerprint density at radius 1 is 1.14 bits per heavy atom. The van der Waals surface area contributed by atoms with Gasteiger partial charge < -0.3 is 20.5 Å². The number of ether oxygens (including phenoxy) is 1. The van der Waals surface area contributed by atoms with Crippen molar-refractivity contribution < 1.29 is 19.4 Å². The third kappa shape index (κ3) is 4.24. The van der Waals surface area contributed by atoms with Gasteiger partial charge in [-0.3, -0.25) is 0 Å². The van der Waals surface area contributed by atoms with Gasteiger partial charge in [0.05, 0.1) is 12.7 Å². The lowest BCUT2D eigenvalue weighted by Crippen LogP contribution is -2.28. The van der Waals surface area contributed by atoms with E-state index >= 15 is 0 Å². The standard InChI is InChI=1S/C16H16N2O4/c1-22-14-7-5-13(6-8-14)18-16(21)17-10-11-3-2-4-12(9-11)15(19)20/h2-9H,10H2,1H3,(H,19,20)(H2,17,18,21). The van der Waals surface area contributed by atoms with E-state index < -0.39 is 5.97 Å². The highest BCUT2D eigenvalue weighted by Gasteiger charge is 2.05. The Labute approximate surface area is 127 Å². The second kappa shape index (κ2) is 7.12. The van der Waals surface area contributed by atoms with Gasteiger partial charge in [-0.05, 0) is 42.0 Å². The summed E-state index contributed by atoms with van der Waals surface area (Å²) in [5, 5.41) is 14.3. The van der Waals surface area contributed by atoms with E-state index in [-0.39, 0.29) is 18.1 Å². The van der Waals surface area contributed by atoms with Crippen LogP contribution in [0.3, 0.4) is 0 Å². The molecule has 114 valence electrons. The number of carbonyl (C=O) groups excluding carboxylic acids is 1. The van der Waals surface area contributed by atoms with Crippen molar-refractivity contribution in [3.05, 3.63) is 59.7 Å². The number of hydrogen-bond donors (Lipinski definition) is 3. The number of benzene rings is 2. The molecule has 6 heteroatoms. The first-order chi connectivity index (χ1) is 10.6. The van der Waals surface area contributed by atoms with Gasteiger partial charge in [-0.1, -0.05) is 12.1 Å². The lowest BCUT2D eigenvalue weighted by atomic mass is 10.1. The second-order valence-electron chi connectivity index (χ2n) is 4.54. The topological polar surface area (TPSA) is 87.7 Å². The quantitative estimate of drug-likeness (QED) is 0.792. The maximum atomic E-state index is 11.8. The molecule has 0 fully saturated rings. The third-order valence-electron chi connectivity index (χ3n) is 2.97. The van der Waals surface area contributed by atoms with Gasteiger partial charge in [0.2, 0.25) is 0 Å². The smallest absolute Gasteiger partial charge is 0.335 e. The Morgan fingerprint density at radius 2 is 1.86 bits per heavy atom. The van der Waals surface area contributed by atoms with Crippen molar-refractivity contribution in [3.8, 4) is 5.75 Å². The highest BCUT2D eigenvalue weighted by atomic mass is 16.5. The summed E-state index contributed by atoms with van der Waals surface area (Å²) in [6.07, 6.45) is 0. The zero-order valence-corrected chi connectivity index (χ0v) is 12.0. The molecule has 2 aromatic carbocycles. The first-order valence-corrected chi connectivity index (χ1v) is 6.59. The van der Waals surface area contributed by atoms with Crippen molar-refractivity contribution in [3.63, 3.8) is 0 Å². The van der Waals surface area contributed by atoms with Gasteiger partial charge in [-0.25, -0.2) is 9.59 Å². The summed E-state index contributed by atoms with van der Waals surface area (Å²) >= 11 is 0. The number of nitrogens with one attached hydrogen (secondary N) is 2. The number of urea groups is 1. The lowest BCUT2D eigenvalue weighted by Gasteiger charge is -2.08. The van der Waals surface area contributed by atoms with E-state index in [1.54, 1.807) is 43.5 Å². The Balaban J connectivity index is 1.89. The Kier molecular flexibility index (Phi) is 4.98. The van der Waals surface area contributed by atoms with Crippen LogP contribution in [0.2, 0.25) is 0 Å². The average molecular weight is 300 g/mol. The van der Waals surface area contributed by atoms with Gasteiger partial charge in [0.15, 0.2) is 0 Å². The van der Waals surface area contributed by atoms with E-state index in [9.17, 15) is 9.59 Å². The zero-order valence-electron chi connectivity index (χ0n) is 12.0. The third-order valence-corrected chi connectivity index (χ3v) is 2.97. The number of carboxylic acids is 1. The van der Waals surface area contributed by atoms with Gasteiger partial charge in [0, 0.05) is 12.2 Å². The summed E-state index contributed by atoms with van der Waals surface area (Å²) in [4.78, 5) is 22.7. The van der Waals surface area contributed by atoms with Crippen LogP contribution in [-0.4, -0.2) is 24.2 Å². The minimum absolute atomic E-state index is 0.190. The zero-order chi connectivity index (χ0) is 15.9. The highest BCUT2D eigenvalue weighted by molar-refractivity contribution is 5.89. The van der Waals surface area contributed by atoms with Crippen molar-refractivity contribution in [2.45, 2.75) is 6.54 Å². The van der Waals surface area contributed by atoms with E-state index in [4.69, 9.17) is 9.84 Å². The average Bonchev–Trinajstić information content (AvgIpc) is 2.54. The van der Waals surface area contributed by atoms with Crippen molar-refractivity contribution in [2.24, 2.45) is 0 Å². The lowest BCUT2D eigenvalue weighted by molar-refractivity contribution is 0.0696. The van der Waals surface area contributed by atoms with E-state index in [0.29, 0.717) is 17.0 Å². The summed E-state index contributed by atoms with van der Waals surface area (Å²) in [6, 6.07) is 13.0. The van der Waals surface area contributed by atoms with Crippen LogP contribution in [-0.2, 0) is 6.54 Å². The van der Waals surface area contributed by atoms with E-state index in [2.05, 4.69) is 10.6 Å². The predicted octanol–water partition coefficient (Wildman–Crippen LogP) is 2.72. The number of carboxylic acid groups (broad SMARTS) is 1. The minimum atomic E-state index is -0.996. The summed E-state index contributed by atoms with van der Waals surface area (Å²) in [5.41, 5.74) is 1.54. The van der Waals surface area contributed by atoms with Crippen molar-refractivity contribution >= 4 is 17.7 Å². The summed E-state index contributed by atoms with van der Waals surface area (Å²) < 4.78 is 5.03. The molecule has 0 saturated heterocycles. The number of anilines is 1. The van der Waals surface area contributed by atoms with E-state index in [1.807, 2.05) is 0 Å². The number of rotatable bonds is 5. The maximum absolute atomic E-state index is 11.8. The number of methoxy groups -OCH3 is 1. The van der Waals surface area contributed by atoms with Crippen LogP contribution in [0.5, 0.6) is 5.75 Å². The molecule has 0 atom stereocenters. The van der Waals surface area contributed by atoms with Gasteiger partial charge in [0.1, 0.15) is 5.75 Å². The molecular formula is C16H16N2O4. The summed E-state index contributed by atoms with van der Waals surface area (Å²) in [6.45, 7) is 0.239. The molecule has 2 amide bonds. The van der Waals surface area contributed by atoms with Crippen LogP contribution in [0.4, 0.5) is 10.5 Å². The molecule has 0 radical (unpaired) electrons. The Hall–Kier alpha value is -3.02. The first-order valence-electron chi connectivity index (χ1n) is 6.59. The van der Waals surface area contributed by atoms with Crippen LogP contribution in [0.15, 0.2) is 48.5 Å². The molecule has 6 nitrogen and oxygen atoms in total. The first kappa shape index (κ1) is 15.4. The molecule has 22 heavy (non-hydrogen) atoms. The molecule has 0 spiro atoms. The van der Waals surface area contributed by atoms with Crippen LogP contribution in [0.25, 0.3) is 0 Å². The number of carbonyl (C=O) groups is 2. The van der Waals surface area contributed by atoms with Gasteiger partial charge in [-0.15, -0.1) is 0 Å². The molecule has 0 aliphatic rings. The molecule has 0 heterocycles. The van der Waals surface area contributed by atoms with Crippen LogP contribution >= 0.6 is 0 Å². The number of aromatic carboxylic acids is 1. The second-order valence-corrected chi connectivity index (χ2v) is 4.54. The largest absolute Gasteiger partial charge is 0.497 e. The minimum Gasteiger partial charge on any atom is -0.497 e. The van der Waals surface area contributed by atoms with Crippen molar-refractivity contribution in [1.82, 2.24) is 5.32 Å². The monoisotopic (exact) mass is 300 g/mol. The fourth-order valence-electron chi connectivity index (χ4n) is 1.85. The highest BCUT2D eigenvalue weighted by Crippen LogP contribution is 2.14. The Morgan fingerprint density at radius 3 is 2.50 bits per heavy atom. The van der Waals surface area contributed by atoms with Crippen LogP contribution < -0.4 is 15.4 Å².